The summed E-state index contributed by atoms with van der Waals surface area (Å²) in [7, 11) is 0. The Labute approximate surface area is 194 Å². The van der Waals surface area contributed by atoms with Gasteiger partial charge in [-0.3, -0.25) is 14.3 Å². The Morgan fingerprint density at radius 2 is 1.88 bits per heavy atom. The van der Waals surface area contributed by atoms with Gasteiger partial charge in [0.2, 0.25) is 5.91 Å². The van der Waals surface area contributed by atoms with Gasteiger partial charge in [0.05, 0.1) is 11.4 Å². The standard InChI is InChI=1S/C24H21F2N5OS/c1-15(2)18-7-3-4-8-21(18)31-23(16-6-5-11-27-13-16)29-30-24(31)33-14-22(32)28-17-9-10-19(25)20(26)12-17/h3-13,15H,14H2,1-2H3,(H,28,32). The molecule has 0 unspecified atom stereocenters. The monoisotopic (exact) mass is 465 g/mol. The van der Waals surface area contributed by atoms with Gasteiger partial charge in [0.25, 0.3) is 0 Å². The van der Waals surface area contributed by atoms with Crippen molar-refractivity contribution in [1.29, 1.82) is 0 Å². The largest absolute Gasteiger partial charge is 0.325 e. The van der Waals surface area contributed by atoms with Crippen LogP contribution >= 0.6 is 11.8 Å². The van der Waals surface area contributed by atoms with E-state index in [2.05, 4.69) is 40.4 Å². The highest BCUT2D eigenvalue weighted by Crippen LogP contribution is 2.32. The van der Waals surface area contributed by atoms with Crippen molar-refractivity contribution >= 4 is 23.4 Å². The van der Waals surface area contributed by atoms with Crippen LogP contribution in [0.3, 0.4) is 0 Å². The van der Waals surface area contributed by atoms with Crippen LogP contribution in [0.5, 0.6) is 0 Å². The van der Waals surface area contributed by atoms with E-state index in [4.69, 9.17) is 0 Å². The lowest BCUT2D eigenvalue weighted by Gasteiger charge is -2.16. The molecule has 168 valence electrons. The highest BCUT2D eigenvalue weighted by Gasteiger charge is 2.20. The lowest BCUT2D eigenvalue weighted by Crippen LogP contribution is -2.15. The minimum atomic E-state index is -1.02. The molecule has 0 bridgehead atoms. The van der Waals surface area contributed by atoms with Crippen LogP contribution < -0.4 is 5.32 Å². The summed E-state index contributed by atoms with van der Waals surface area (Å²) in [5, 5.41) is 11.8. The lowest BCUT2D eigenvalue weighted by molar-refractivity contribution is -0.113. The normalized spacial score (nSPS) is 11.1. The van der Waals surface area contributed by atoms with E-state index in [0.717, 1.165) is 28.9 Å². The molecule has 2 aromatic carbocycles. The van der Waals surface area contributed by atoms with Crippen LogP contribution in [0.1, 0.15) is 25.3 Å². The summed E-state index contributed by atoms with van der Waals surface area (Å²) < 4.78 is 28.5. The first-order valence-corrected chi connectivity index (χ1v) is 11.3. The molecular weight excluding hydrogens is 444 g/mol. The van der Waals surface area contributed by atoms with E-state index in [1.807, 2.05) is 34.9 Å². The van der Waals surface area contributed by atoms with Crippen LogP contribution in [0, 0.1) is 11.6 Å². The molecule has 0 aliphatic rings. The van der Waals surface area contributed by atoms with Crippen molar-refractivity contribution in [1.82, 2.24) is 19.7 Å². The number of amides is 1. The molecule has 2 aromatic heterocycles. The topological polar surface area (TPSA) is 72.7 Å². The van der Waals surface area contributed by atoms with Gasteiger partial charge in [0.1, 0.15) is 0 Å². The molecule has 4 aromatic rings. The number of benzene rings is 2. The number of nitrogens with one attached hydrogen (secondary N) is 1. The summed E-state index contributed by atoms with van der Waals surface area (Å²) in [6.07, 6.45) is 3.40. The van der Waals surface area contributed by atoms with Gasteiger partial charge in [0.15, 0.2) is 22.6 Å². The lowest BCUT2D eigenvalue weighted by atomic mass is 10.0. The molecule has 0 aliphatic carbocycles. The van der Waals surface area contributed by atoms with Crippen molar-refractivity contribution in [2.45, 2.75) is 24.9 Å². The Morgan fingerprint density at radius 1 is 1.06 bits per heavy atom. The third-order valence-corrected chi connectivity index (χ3v) is 5.82. The summed E-state index contributed by atoms with van der Waals surface area (Å²) in [4.78, 5) is 16.7. The summed E-state index contributed by atoms with van der Waals surface area (Å²) in [6, 6.07) is 14.9. The molecule has 0 atom stereocenters. The zero-order valence-corrected chi connectivity index (χ0v) is 18.8. The third-order valence-electron chi connectivity index (χ3n) is 4.89. The smallest absolute Gasteiger partial charge is 0.234 e. The van der Waals surface area contributed by atoms with Crippen LogP contribution in [0.2, 0.25) is 0 Å². The fourth-order valence-corrected chi connectivity index (χ4v) is 4.09. The predicted octanol–water partition coefficient (Wildman–Crippen LogP) is 5.46. The number of nitrogens with zero attached hydrogens (tertiary/aromatic N) is 4. The maximum absolute atomic E-state index is 13.4. The second-order valence-electron chi connectivity index (χ2n) is 7.56. The fourth-order valence-electron chi connectivity index (χ4n) is 3.34. The molecule has 9 heteroatoms. The van der Waals surface area contributed by atoms with Crippen LogP contribution in [0.15, 0.2) is 72.1 Å². The molecule has 0 fully saturated rings. The van der Waals surface area contributed by atoms with Crippen molar-refractivity contribution in [3.8, 4) is 17.1 Å². The zero-order valence-electron chi connectivity index (χ0n) is 18.0. The van der Waals surface area contributed by atoms with Crippen LogP contribution in [0.25, 0.3) is 17.1 Å². The molecule has 33 heavy (non-hydrogen) atoms. The molecule has 0 aliphatic heterocycles. The predicted molar refractivity (Wildman–Crippen MR) is 124 cm³/mol. The Kier molecular flexibility index (Phi) is 6.79. The van der Waals surface area contributed by atoms with E-state index >= 15 is 0 Å². The van der Waals surface area contributed by atoms with Gasteiger partial charge in [-0.25, -0.2) is 8.78 Å². The number of hydrogen-bond donors (Lipinski definition) is 1. The van der Waals surface area contributed by atoms with Gasteiger partial charge in [-0.15, -0.1) is 10.2 Å². The SMILES string of the molecule is CC(C)c1ccccc1-n1c(SCC(=O)Nc2ccc(F)c(F)c2)nnc1-c1cccnc1. The number of thioether (sulfide) groups is 1. The summed E-state index contributed by atoms with van der Waals surface area (Å²) in [5.41, 5.74) is 3.00. The number of hydrogen-bond acceptors (Lipinski definition) is 5. The van der Waals surface area contributed by atoms with E-state index in [1.54, 1.807) is 12.4 Å². The van der Waals surface area contributed by atoms with E-state index in [-0.39, 0.29) is 23.3 Å². The van der Waals surface area contributed by atoms with E-state index in [1.165, 1.54) is 17.8 Å². The van der Waals surface area contributed by atoms with Crippen molar-refractivity contribution in [2.24, 2.45) is 0 Å². The first-order chi connectivity index (χ1) is 15.9. The molecule has 1 amide bonds. The van der Waals surface area contributed by atoms with Gasteiger partial charge < -0.3 is 5.32 Å². The number of anilines is 1. The van der Waals surface area contributed by atoms with Gasteiger partial charge in [-0.2, -0.15) is 0 Å². The molecule has 0 spiro atoms. The Hall–Kier alpha value is -3.59. The molecule has 6 nitrogen and oxygen atoms in total. The summed E-state index contributed by atoms with van der Waals surface area (Å²) in [6.45, 7) is 4.21. The minimum absolute atomic E-state index is 0.00795. The van der Waals surface area contributed by atoms with E-state index in [0.29, 0.717) is 11.0 Å². The molecule has 0 radical (unpaired) electrons. The van der Waals surface area contributed by atoms with Crippen molar-refractivity contribution in [3.63, 3.8) is 0 Å². The highest BCUT2D eigenvalue weighted by atomic mass is 32.2. The third kappa shape index (κ3) is 5.09. The molecule has 0 saturated heterocycles. The average Bonchev–Trinajstić information content (AvgIpc) is 3.24. The molecule has 4 rings (SSSR count). The van der Waals surface area contributed by atoms with Crippen molar-refractivity contribution < 1.29 is 13.6 Å². The minimum Gasteiger partial charge on any atom is -0.325 e. The Bertz CT molecular complexity index is 1280. The quantitative estimate of drug-likeness (QED) is 0.367. The zero-order chi connectivity index (χ0) is 23.4. The Balaban J connectivity index is 1.64. The number of carbonyl (C=O) groups is 1. The summed E-state index contributed by atoms with van der Waals surface area (Å²) >= 11 is 1.20. The van der Waals surface area contributed by atoms with Gasteiger partial charge in [-0.05, 0) is 41.8 Å². The second kappa shape index (κ2) is 9.91. The van der Waals surface area contributed by atoms with Crippen molar-refractivity contribution in [2.75, 3.05) is 11.1 Å². The van der Waals surface area contributed by atoms with E-state index in [9.17, 15) is 13.6 Å². The number of aromatic nitrogens is 4. The number of carbonyl (C=O) groups excluding carboxylic acids is 1. The highest BCUT2D eigenvalue weighted by molar-refractivity contribution is 7.99. The van der Waals surface area contributed by atoms with Crippen LogP contribution in [-0.2, 0) is 4.79 Å². The second-order valence-corrected chi connectivity index (χ2v) is 8.51. The van der Waals surface area contributed by atoms with Gasteiger partial charge in [0, 0.05) is 29.7 Å². The van der Waals surface area contributed by atoms with Crippen molar-refractivity contribution in [3.05, 3.63) is 84.2 Å². The molecule has 1 N–H and O–H groups in total. The Morgan fingerprint density at radius 3 is 2.61 bits per heavy atom. The van der Waals surface area contributed by atoms with Crippen LogP contribution in [-0.4, -0.2) is 31.4 Å². The maximum Gasteiger partial charge on any atom is 0.234 e. The average molecular weight is 466 g/mol. The number of pyridine rings is 1. The maximum atomic E-state index is 13.4. The molecule has 0 saturated carbocycles. The molecular formula is C24H21F2N5OS. The molecule has 2 heterocycles. The van der Waals surface area contributed by atoms with E-state index < -0.39 is 11.6 Å². The number of halogens is 2. The van der Waals surface area contributed by atoms with Crippen LogP contribution in [0.4, 0.5) is 14.5 Å². The first kappa shape index (κ1) is 22.6. The first-order valence-electron chi connectivity index (χ1n) is 10.3. The fraction of sp³-hybridized carbons (Fsp3) is 0.167. The number of rotatable bonds is 7. The number of para-hydroxylation sites is 1. The van der Waals surface area contributed by atoms with Gasteiger partial charge in [-0.1, -0.05) is 43.8 Å². The summed E-state index contributed by atoms with van der Waals surface area (Å²) in [5.74, 6) is -1.50. The van der Waals surface area contributed by atoms with Gasteiger partial charge >= 0.3 is 0 Å².